The number of imide groups is 1. The van der Waals surface area contributed by atoms with Gasteiger partial charge in [0.15, 0.2) is 0 Å². The lowest BCUT2D eigenvalue weighted by Gasteiger charge is -2.12. The van der Waals surface area contributed by atoms with E-state index in [0.29, 0.717) is 17.1 Å². The molecule has 180 valence electrons. The molecule has 7 heteroatoms. The summed E-state index contributed by atoms with van der Waals surface area (Å²) in [5.74, 6) is -0.872. The van der Waals surface area contributed by atoms with Crippen molar-refractivity contribution >= 4 is 51.5 Å². The Bertz CT molecular complexity index is 1520. The van der Waals surface area contributed by atoms with Crippen LogP contribution >= 0.6 is 11.8 Å². The molecule has 1 N–H and O–H groups in total. The van der Waals surface area contributed by atoms with Gasteiger partial charge in [-0.05, 0) is 61.0 Å². The summed E-state index contributed by atoms with van der Waals surface area (Å²) in [4.78, 5) is 39.7. The Labute approximate surface area is 213 Å². The van der Waals surface area contributed by atoms with E-state index in [9.17, 15) is 14.4 Å². The van der Waals surface area contributed by atoms with Gasteiger partial charge in [-0.2, -0.15) is 0 Å². The number of carbonyl (C=O) groups is 3. The van der Waals surface area contributed by atoms with Crippen molar-refractivity contribution in [2.24, 2.45) is 0 Å². The summed E-state index contributed by atoms with van der Waals surface area (Å²) in [7, 11) is 0. The van der Waals surface area contributed by atoms with Gasteiger partial charge in [0.1, 0.15) is 6.54 Å². The normalized spacial score (nSPS) is 14.7. The van der Waals surface area contributed by atoms with Gasteiger partial charge in [-0.3, -0.25) is 19.3 Å². The maximum atomic E-state index is 13.1. The molecular weight excluding hydrogens is 470 g/mol. The number of aromatic nitrogens is 1. The van der Waals surface area contributed by atoms with Crippen LogP contribution in [0.4, 0.5) is 10.5 Å². The Morgan fingerprint density at radius 2 is 1.69 bits per heavy atom. The molecule has 1 aliphatic rings. The number of aryl methyl sites for hydroxylation is 1. The highest BCUT2D eigenvalue weighted by atomic mass is 32.2. The summed E-state index contributed by atoms with van der Waals surface area (Å²) in [6.07, 6.45) is 1.78. The molecular formula is C29H25N3O3S. The SMILES string of the molecule is Cc1cccc(NC(=O)CN2C(=O)S/C(=C\c3c(C)n(Cc4ccccc4)c4ccccc34)C2=O)c1. The summed E-state index contributed by atoms with van der Waals surface area (Å²) in [6.45, 7) is 4.32. The van der Waals surface area contributed by atoms with E-state index >= 15 is 0 Å². The minimum atomic E-state index is -0.455. The topological polar surface area (TPSA) is 71.4 Å². The summed E-state index contributed by atoms with van der Waals surface area (Å²) in [5.41, 5.74) is 5.77. The zero-order chi connectivity index (χ0) is 25.2. The van der Waals surface area contributed by atoms with Gasteiger partial charge in [0.2, 0.25) is 5.91 Å². The predicted octanol–water partition coefficient (Wildman–Crippen LogP) is 5.98. The Hall–Kier alpha value is -4.10. The van der Waals surface area contributed by atoms with E-state index in [2.05, 4.69) is 28.1 Å². The van der Waals surface area contributed by atoms with Gasteiger partial charge < -0.3 is 9.88 Å². The summed E-state index contributed by atoms with van der Waals surface area (Å²) >= 11 is 0.867. The van der Waals surface area contributed by atoms with E-state index in [1.54, 1.807) is 12.1 Å². The zero-order valence-electron chi connectivity index (χ0n) is 20.0. The molecule has 0 atom stereocenters. The second-order valence-electron chi connectivity index (χ2n) is 8.77. The highest BCUT2D eigenvalue weighted by Crippen LogP contribution is 2.35. The van der Waals surface area contributed by atoms with Gasteiger partial charge in [0.25, 0.3) is 11.1 Å². The molecule has 2 heterocycles. The first-order chi connectivity index (χ1) is 17.4. The Morgan fingerprint density at radius 1 is 0.944 bits per heavy atom. The molecule has 1 saturated heterocycles. The summed E-state index contributed by atoms with van der Waals surface area (Å²) in [6, 6.07) is 25.6. The molecule has 36 heavy (non-hydrogen) atoms. The summed E-state index contributed by atoms with van der Waals surface area (Å²) in [5, 5.41) is 3.32. The number of nitrogens with one attached hydrogen (secondary N) is 1. The molecule has 0 spiro atoms. The van der Waals surface area contributed by atoms with Gasteiger partial charge in [-0.25, -0.2) is 0 Å². The average molecular weight is 496 g/mol. The molecule has 0 unspecified atom stereocenters. The van der Waals surface area contributed by atoms with Gasteiger partial charge >= 0.3 is 0 Å². The zero-order valence-corrected chi connectivity index (χ0v) is 20.8. The average Bonchev–Trinajstić information content (AvgIpc) is 3.28. The fourth-order valence-corrected chi connectivity index (χ4v) is 5.26. The highest BCUT2D eigenvalue weighted by Gasteiger charge is 2.36. The number of para-hydroxylation sites is 1. The number of hydrogen-bond donors (Lipinski definition) is 1. The van der Waals surface area contributed by atoms with Gasteiger partial charge in [0.05, 0.1) is 4.91 Å². The van der Waals surface area contributed by atoms with Gasteiger partial charge in [-0.1, -0.05) is 60.7 Å². The third kappa shape index (κ3) is 4.70. The molecule has 1 aromatic heterocycles. The van der Waals surface area contributed by atoms with Crippen LogP contribution < -0.4 is 5.32 Å². The molecule has 1 fully saturated rings. The molecule has 0 saturated carbocycles. The Morgan fingerprint density at radius 3 is 2.47 bits per heavy atom. The van der Waals surface area contributed by atoms with E-state index in [-0.39, 0.29) is 6.54 Å². The van der Waals surface area contributed by atoms with Crippen LogP contribution in [0.25, 0.3) is 17.0 Å². The van der Waals surface area contributed by atoms with Crippen molar-refractivity contribution < 1.29 is 14.4 Å². The van der Waals surface area contributed by atoms with Crippen LogP contribution in [0.2, 0.25) is 0 Å². The number of amides is 3. The van der Waals surface area contributed by atoms with E-state index in [4.69, 9.17) is 0 Å². The van der Waals surface area contributed by atoms with Crippen LogP contribution in [-0.4, -0.2) is 33.1 Å². The van der Waals surface area contributed by atoms with Crippen LogP contribution in [-0.2, 0) is 16.1 Å². The molecule has 6 nitrogen and oxygen atoms in total. The fraction of sp³-hybridized carbons (Fsp3) is 0.138. The van der Waals surface area contributed by atoms with E-state index < -0.39 is 17.1 Å². The van der Waals surface area contributed by atoms with E-state index in [0.717, 1.165) is 44.4 Å². The number of rotatable bonds is 6. The Kier molecular flexibility index (Phi) is 6.48. The monoisotopic (exact) mass is 495 g/mol. The first kappa shape index (κ1) is 23.6. The third-order valence-electron chi connectivity index (χ3n) is 6.22. The van der Waals surface area contributed by atoms with E-state index in [1.165, 1.54) is 5.56 Å². The van der Waals surface area contributed by atoms with Crippen molar-refractivity contribution in [3.8, 4) is 0 Å². The van der Waals surface area contributed by atoms with Gasteiger partial charge in [0, 0.05) is 34.4 Å². The van der Waals surface area contributed by atoms with Crippen LogP contribution in [0.1, 0.15) is 22.4 Å². The van der Waals surface area contributed by atoms with Crippen molar-refractivity contribution in [2.75, 3.05) is 11.9 Å². The second-order valence-corrected chi connectivity index (χ2v) is 9.77. The minimum Gasteiger partial charge on any atom is -0.340 e. The number of fused-ring (bicyclic) bond motifs is 1. The van der Waals surface area contributed by atoms with Crippen LogP contribution in [0, 0.1) is 13.8 Å². The number of thioether (sulfide) groups is 1. The van der Waals surface area contributed by atoms with Crippen molar-refractivity contribution in [3.63, 3.8) is 0 Å². The molecule has 3 amide bonds. The van der Waals surface area contributed by atoms with Crippen molar-refractivity contribution in [1.82, 2.24) is 9.47 Å². The highest BCUT2D eigenvalue weighted by molar-refractivity contribution is 8.18. The number of nitrogens with zero attached hydrogens (tertiary/aromatic N) is 2. The largest absolute Gasteiger partial charge is 0.340 e. The smallest absolute Gasteiger partial charge is 0.294 e. The molecule has 0 aliphatic carbocycles. The fourth-order valence-electron chi connectivity index (χ4n) is 4.44. The lowest BCUT2D eigenvalue weighted by atomic mass is 10.1. The lowest BCUT2D eigenvalue weighted by molar-refractivity contribution is -0.127. The number of anilines is 1. The minimum absolute atomic E-state index is 0.314. The number of carbonyl (C=O) groups excluding carboxylic acids is 3. The van der Waals surface area contributed by atoms with Gasteiger partial charge in [-0.15, -0.1) is 0 Å². The first-order valence-electron chi connectivity index (χ1n) is 11.6. The number of hydrogen-bond acceptors (Lipinski definition) is 4. The molecule has 1 aliphatic heterocycles. The quantitative estimate of drug-likeness (QED) is 0.334. The van der Waals surface area contributed by atoms with Crippen LogP contribution in [0.3, 0.4) is 0 Å². The van der Waals surface area contributed by atoms with Crippen molar-refractivity contribution in [2.45, 2.75) is 20.4 Å². The summed E-state index contributed by atoms with van der Waals surface area (Å²) < 4.78 is 2.22. The lowest BCUT2D eigenvalue weighted by Crippen LogP contribution is -2.36. The third-order valence-corrected chi connectivity index (χ3v) is 7.12. The standard InChI is InChI=1S/C29H25N3O3S/c1-19-9-8-12-22(15-19)30-27(33)18-32-28(34)26(36-29(32)35)16-24-20(2)31(17-21-10-4-3-5-11-21)25-14-7-6-13-23(24)25/h3-16H,17-18H2,1-2H3,(H,30,33)/b26-16-. The van der Waals surface area contributed by atoms with E-state index in [1.807, 2.05) is 68.4 Å². The Balaban J connectivity index is 1.41. The van der Waals surface area contributed by atoms with Crippen LogP contribution in [0.15, 0.2) is 83.8 Å². The molecule has 0 bridgehead atoms. The second kappa shape index (κ2) is 9.87. The number of benzene rings is 3. The molecule has 0 radical (unpaired) electrons. The molecule has 4 aromatic rings. The van der Waals surface area contributed by atoms with Crippen molar-refractivity contribution in [1.29, 1.82) is 0 Å². The first-order valence-corrected chi connectivity index (χ1v) is 12.5. The van der Waals surface area contributed by atoms with Crippen LogP contribution in [0.5, 0.6) is 0 Å². The van der Waals surface area contributed by atoms with Crippen molar-refractivity contribution in [3.05, 3.63) is 106 Å². The predicted molar refractivity (Wildman–Crippen MR) is 145 cm³/mol. The molecule has 3 aromatic carbocycles. The maximum Gasteiger partial charge on any atom is 0.294 e. The maximum absolute atomic E-state index is 13.1. The molecule has 5 rings (SSSR count).